The Morgan fingerprint density at radius 2 is 2.00 bits per heavy atom. The number of halogens is 2. The summed E-state index contributed by atoms with van der Waals surface area (Å²) in [5, 5.41) is 14.6. The molecule has 1 amide bonds. The fourth-order valence-corrected chi connectivity index (χ4v) is 3.09. The number of ether oxygens (including phenoxy) is 1. The van der Waals surface area contributed by atoms with Gasteiger partial charge in [0.1, 0.15) is 5.82 Å². The molecule has 1 aliphatic rings. The second-order valence-corrected chi connectivity index (χ2v) is 6.40. The first-order valence-corrected chi connectivity index (χ1v) is 8.76. The fraction of sp³-hybridized carbons (Fsp3) is 0.316. The maximum absolute atomic E-state index is 12.1. The lowest BCUT2D eigenvalue weighted by molar-refractivity contribution is -0.117. The Bertz CT molecular complexity index is 895. The molecule has 3 heterocycles. The molecule has 1 unspecified atom stereocenters. The van der Waals surface area contributed by atoms with Crippen LogP contribution in [0, 0.1) is 0 Å². The third-order valence-electron chi connectivity index (χ3n) is 4.41. The molecule has 1 fully saturated rings. The minimum atomic E-state index is -0.01000. The zero-order chi connectivity index (χ0) is 17.8. The molecule has 1 aliphatic heterocycles. The van der Waals surface area contributed by atoms with Crippen LogP contribution in [0.5, 0.6) is 0 Å². The summed E-state index contributed by atoms with van der Waals surface area (Å²) >= 11 is 0. The minimum absolute atomic E-state index is 0. The average Bonchev–Trinajstić information content (AvgIpc) is 3.07. The van der Waals surface area contributed by atoms with Gasteiger partial charge < -0.3 is 15.4 Å². The second kappa shape index (κ2) is 10.4. The molecule has 9 heteroatoms. The number of morpholine rings is 1. The van der Waals surface area contributed by atoms with E-state index in [-0.39, 0.29) is 36.8 Å². The van der Waals surface area contributed by atoms with Crippen molar-refractivity contribution in [3.63, 3.8) is 0 Å². The van der Waals surface area contributed by atoms with Gasteiger partial charge in [0.2, 0.25) is 5.91 Å². The van der Waals surface area contributed by atoms with Crippen LogP contribution >= 0.6 is 24.8 Å². The third-order valence-corrected chi connectivity index (χ3v) is 4.41. The summed E-state index contributed by atoms with van der Waals surface area (Å²) in [7, 11) is 0. The van der Waals surface area contributed by atoms with Crippen molar-refractivity contribution in [1.82, 2.24) is 19.9 Å². The summed E-state index contributed by atoms with van der Waals surface area (Å²) in [5.41, 5.74) is 2.75. The lowest BCUT2D eigenvalue weighted by atomic mass is 10.1. The quantitative estimate of drug-likeness (QED) is 0.658. The molecular weight excluding hydrogens is 401 g/mol. The van der Waals surface area contributed by atoms with Gasteiger partial charge in [-0.2, -0.15) is 0 Å². The third kappa shape index (κ3) is 5.42. The van der Waals surface area contributed by atoms with E-state index in [9.17, 15) is 4.79 Å². The first kappa shape index (κ1) is 22.1. The molecule has 1 atom stereocenters. The van der Waals surface area contributed by atoms with Crippen molar-refractivity contribution in [2.24, 2.45) is 0 Å². The Morgan fingerprint density at radius 3 is 2.75 bits per heavy atom. The van der Waals surface area contributed by atoms with E-state index in [0.717, 1.165) is 29.3 Å². The van der Waals surface area contributed by atoms with Gasteiger partial charge in [-0.25, -0.2) is 0 Å². The molecule has 0 aliphatic carbocycles. The van der Waals surface area contributed by atoms with E-state index in [1.807, 2.05) is 53.1 Å². The molecule has 0 saturated carbocycles. The molecule has 7 nitrogen and oxygen atoms in total. The Hall–Kier alpha value is -2.19. The van der Waals surface area contributed by atoms with Crippen LogP contribution in [0.15, 0.2) is 48.7 Å². The Morgan fingerprint density at radius 1 is 1.18 bits per heavy atom. The van der Waals surface area contributed by atoms with Crippen LogP contribution in [0.1, 0.15) is 17.8 Å². The largest absolute Gasteiger partial charge is 0.378 e. The monoisotopic (exact) mass is 423 g/mol. The maximum Gasteiger partial charge on any atom is 0.226 e. The predicted octanol–water partition coefficient (Wildman–Crippen LogP) is 2.48. The highest BCUT2D eigenvalue weighted by Crippen LogP contribution is 2.14. The summed E-state index contributed by atoms with van der Waals surface area (Å²) in [4.78, 5) is 12.1. The fourth-order valence-electron chi connectivity index (χ4n) is 3.09. The van der Waals surface area contributed by atoms with Crippen LogP contribution in [-0.2, 0) is 16.0 Å². The van der Waals surface area contributed by atoms with E-state index in [4.69, 9.17) is 4.74 Å². The van der Waals surface area contributed by atoms with Gasteiger partial charge in [-0.1, -0.05) is 18.2 Å². The van der Waals surface area contributed by atoms with Gasteiger partial charge in [-0.05, 0) is 29.8 Å². The normalized spacial score (nSPS) is 16.1. The number of nitrogens with zero attached hydrogens (tertiary/aromatic N) is 3. The summed E-state index contributed by atoms with van der Waals surface area (Å²) in [5.74, 6) is 0.880. The van der Waals surface area contributed by atoms with Crippen molar-refractivity contribution in [3.05, 3.63) is 60.0 Å². The van der Waals surface area contributed by atoms with Crippen LogP contribution in [-0.4, -0.2) is 46.3 Å². The number of amides is 1. The van der Waals surface area contributed by atoms with Gasteiger partial charge in [-0.15, -0.1) is 35.0 Å². The first-order valence-electron chi connectivity index (χ1n) is 8.76. The molecule has 150 valence electrons. The Balaban J connectivity index is 0.00000140. The van der Waals surface area contributed by atoms with Gasteiger partial charge in [0.05, 0.1) is 13.2 Å². The minimum Gasteiger partial charge on any atom is -0.378 e. The van der Waals surface area contributed by atoms with E-state index in [0.29, 0.717) is 26.1 Å². The van der Waals surface area contributed by atoms with Crippen LogP contribution in [0.2, 0.25) is 0 Å². The summed E-state index contributed by atoms with van der Waals surface area (Å²) in [6.45, 7) is 2.09. The zero-order valence-corrected chi connectivity index (χ0v) is 16.8. The number of rotatable bonds is 5. The van der Waals surface area contributed by atoms with Crippen molar-refractivity contribution in [2.75, 3.05) is 25.1 Å². The standard InChI is InChI=1S/C19H21N5O2.2ClH/c25-19(12-16-13-26-10-8-20-16)21-15-6-4-14(5-7-15)11-18-23-22-17-3-1-2-9-24(17)18;;/h1-7,9,16,20H,8,10-13H2,(H,21,25);2*1H. The summed E-state index contributed by atoms with van der Waals surface area (Å²) < 4.78 is 7.35. The number of carbonyl (C=O) groups excluding carboxylic acids is 1. The van der Waals surface area contributed by atoms with Crippen molar-refractivity contribution in [3.8, 4) is 0 Å². The van der Waals surface area contributed by atoms with Gasteiger partial charge in [0, 0.05) is 37.3 Å². The number of fused-ring (bicyclic) bond motifs is 1. The van der Waals surface area contributed by atoms with Crippen molar-refractivity contribution < 1.29 is 9.53 Å². The number of pyridine rings is 1. The number of carbonyl (C=O) groups is 1. The van der Waals surface area contributed by atoms with Crippen LogP contribution in [0.3, 0.4) is 0 Å². The molecular formula is C19H23Cl2N5O2. The molecule has 0 radical (unpaired) electrons. The van der Waals surface area contributed by atoms with Gasteiger partial charge in [-0.3, -0.25) is 9.20 Å². The van der Waals surface area contributed by atoms with E-state index < -0.39 is 0 Å². The second-order valence-electron chi connectivity index (χ2n) is 6.40. The maximum atomic E-state index is 12.1. The Labute approximate surface area is 175 Å². The molecule has 0 spiro atoms. The predicted molar refractivity (Wildman–Crippen MR) is 113 cm³/mol. The number of anilines is 1. The van der Waals surface area contributed by atoms with E-state index in [1.54, 1.807) is 0 Å². The van der Waals surface area contributed by atoms with Gasteiger partial charge in [0.15, 0.2) is 5.65 Å². The van der Waals surface area contributed by atoms with Gasteiger partial charge in [0.25, 0.3) is 0 Å². The average molecular weight is 424 g/mol. The topological polar surface area (TPSA) is 80.5 Å². The molecule has 2 aromatic heterocycles. The number of benzene rings is 1. The highest BCUT2D eigenvalue weighted by Gasteiger charge is 2.16. The van der Waals surface area contributed by atoms with E-state index in [2.05, 4.69) is 20.8 Å². The molecule has 1 aromatic carbocycles. The van der Waals surface area contributed by atoms with Crippen molar-refractivity contribution >= 4 is 42.1 Å². The highest BCUT2D eigenvalue weighted by molar-refractivity contribution is 5.91. The molecule has 0 bridgehead atoms. The lowest BCUT2D eigenvalue weighted by Crippen LogP contribution is -2.43. The number of aromatic nitrogens is 3. The lowest BCUT2D eigenvalue weighted by Gasteiger charge is -2.23. The van der Waals surface area contributed by atoms with Crippen molar-refractivity contribution in [2.45, 2.75) is 18.9 Å². The first-order chi connectivity index (χ1) is 12.8. The Kier molecular flexibility index (Phi) is 8.19. The molecule has 3 aromatic rings. The number of hydrogen-bond acceptors (Lipinski definition) is 5. The zero-order valence-electron chi connectivity index (χ0n) is 15.2. The summed E-state index contributed by atoms with van der Waals surface area (Å²) in [6, 6.07) is 13.8. The molecule has 28 heavy (non-hydrogen) atoms. The SMILES string of the molecule is Cl.Cl.O=C(CC1COCCN1)Nc1ccc(Cc2nnc3ccccn23)cc1. The summed E-state index contributed by atoms with van der Waals surface area (Å²) in [6.07, 6.45) is 3.05. The smallest absolute Gasteiger partial charge is 0.226 e. The van der Waals surface area contributed by atoms with E-state index >= 15 is 0 Å². The number of nitrogens with one attached hydrogen (secondary N) is 2. The van der Waals surface area contributed by atoms with Crippen LogP contribution in [0.4, 0.5) is 5.69 Å². The number of hydrogen-bond donors (Lipinski definition) is 2. The van der Waals surface area contributed by atoms with Crippen LogP contribution in [0.25, 0.3) is 5.65 Å². The van der Waals surface area contributed by atoms with Crippen LogP contribution < -0.4 is 10.6 Å². The van der Waals surface area contributed by atoms with E-state index in [1.165, 1.54) is 0 Å². The molecule has 4 rings (SSSR count). The van der Waals surface area contributed by atoms with Crippen molar-refractivity contribution in [1.29, 1.82) is 0 Å². The molecule has 1 saturated heterocycles. The molecule has 2 N–H and O–H groups in total. The van der Waals surface area contributed by atoms with Gasteiger partial charge >= 0.3 is 0 Å². The highest BCUT2D eigenvalue weighted by atomic mass is 35.5.